The largest absolute Gasteiger partial charge is 0.453 e. The summed E-state index contributed by atoms with van der Waals surface area (Å²) < 4.78 is 4.46. The number of nitrogens with two attached hydrogens (primary N) is 1. The van der Waals surface area contributed by atoms with E-state index in [0.29, 0.717) is 13.1 Å². The Hall–Kier alpha value is -0.770. The minimum absolute atomic E-state index is 0.312. The summed E-state index contributed by atoms with van der Waals surface area (Å²) in [5, 5.41) is 0. The smallest absolute Gasteiger partial charge is 0.409 e. The molecule has 0 spiro atoms. The third-order valence-electron chi connectivity index (χ3n) is 1.18. The molecule has 0 aliphatic heterocycles. The maximum absolute atomic E-state index is 10.7. The van der Waals surface area contributed by atoms with Gasteiger partial charge in [0.2, 0.25) is 0 Å². The first-order valence-electron chi connectivity index (χ1n) is 3.21. The first kappa shape index (κ1) is 9.23. The third kappa shape index (κ3) is 3.29. The number of rotatable bonds is 3. The molecule has 4 nitrogen and oxygen atoms in total. The second kappa shape index (κ2) is 5.05. The fraction of sp³-hybridized carbons (Fsp3) is 0.833. The predicted molar refractivity (Wildman–Crippen MR) is 38.7 cm³/mol. The van der Waals surface area contributed by atoms with Crippen molar-refractivity contribution in [2.24, 2.45) is 5.73 Å². The van der Waals surface area contributed by atoms with E-state index in [1.54, 1.807) is 7.05 Å². The van der Waals surface area contributed by atoms with E-state index >= 15 is 0 Å². The normalized spacial score (nSPS) is 9.10. The number of nitrogens with zero attached hydrogens (tertiary/aromatic N) is 1. The Labute approximate surface area is 60.9 Å². The highest BCUT2D eigenvalue weighted by Crippen LogP contribution is 1.88. The second-order valence-electron chi connectivity index (χ2n) is 2.03. The van der Waals surface area contributed by atoms with Crippen molar-refractivity contribution in [3.63, 3.8) is 0 Å². The third-order valence-corrected chi connectivity index (χ3v) is 1.18. The number of carbonyl (C=O) groups is 1. The molecule has 0 rings (SSSR count). The van der Waals surface area contributed by atoms with Gasteiger partial charge in [0.15, 0.2) is 0 Å². The molecule has 1 amide bonds. The fourth-order valence-corrected chi connectivity index (χ4v) is 0.576. The molecule has 10 heavy (non-hydrogen) atoms. The predicted octanol–water partition coefficient (Wildman–Crippen LogP) is 0.0334. The maximum Gasteiger partial charge on any atom is 0.409 e. The van der Waals surface area contributed by atoms with E-state index < -0.39 is 0 Å². The van der Waals surface area contributed by atoms with Gasteiger partial charge in [0.1, 0.15) is 0 Å². The van der Waals surface area contributed by atoms with Gasteiger partial charge in [0.25, 0.3) is 0 Å². The first-order chi connectivity index (χ1) is 4.72. The highest BCUT2D eigenvalue weighted by atomic mass is 16.5. The lowest BCUT2D eigenvalue weighted by Crippen LogP contribution is -2.28. The Morgan fingerprint density at radius 3 is 2.70 bits per heavy atom. The Balaban J connectivity index is 3.41. The summed E-state index contributed by atoms with van der Waals surface area (Å²) >= 11 is 0. The Morgan fingerprint density at radius 2 is 2.30 bits per heavy atom. The van der Waals surface area contributed by atoms with Crippen molar-refractivity contribution in [3.05, 3.63) is 0 Å². The lowest BCUT2D eigenvalue weighted by Gasteiger charge is -2.13. The SMILES string of the molecule is COC(=O)N(C)CCCN. The first-order valence-corrected chi connectivity index (χ1v) is 3.21. The number of methoxy groups -OCH3 is 1. The molecular formula is C6H14N2O2. The zero-order chi connectivity index (χ0) is 7.98. The molecule has 0 aliphatic carbocycles. The zero-order valence-electron chi connectivity index (χ0n) is 6.46. The van der Waals surface area contributed by atoms with Crippen LogP contribution in [0.25, 0.3) is 0 Å². The second-order valence-corrected chi connectivity index (χ2v) is 2.03. The van der Waals surface area contributed by atoms with Crippen LogP contribution in [0.5, 0.6) is 0 Å². The zero-order valence-corrected chi connectivity index (χ0v) is 6.46. The Bertz CT molecular complexity index is 106. The van der Waals surface area contributed by atoms with Crippen LogP contribution >= 0.6 is 0 Å². The number of carbonyl (C=O) groups excluding carboxylic acids is 1. The van der Waals surface area contributed by atoms with E-state index in [9.17, 15) is 4.79 Å². The van der Waals surface area contributed by atoms with Gasteiger partial charge < -0.3 is 15.4 Å². The number of amides is 1. The van der Waals surface area contributed by atoms with Gasteiger partial charge in [-0.05, 0) is 13.0 Å². The van der Waals surface area contributed by atoms with Gasteiger partial charge in [-0.3, -0.25) is 0 Å². The molecule has 0 unspecified atom stereocenters. The van der Waals surface area contributed by atoms with Crippen LogP contribution in [0.15, 0.2) is 0 Å². The highest BCUT2D eigenvalue weighted by Gasteiger charge is 2.04. The summed E-state index contributed by atoms with van der Waals surface area (Å²) in [5.74, 6) is 0. The average Bonchev–Trinajstić information content (AvgIpc) is 1.98. The van der Waals surface area contributed by atoms with E-state index in [1.165, 1.54) is 12.0 Å². The lowest BCUT2D eigenvalue weighted by molar-refractivity contribution is 0.133. The summed E-state index contributed by atoms with van der Waals surface area (Å²) in [6.45, 7) is 1.25. The van der Waals surface area contributed by atoms with Gasteiger partial charge in [0.05, 0.1) is 7.11 Å². The molecule has 2 N–H and O–H groups in total. The molecule has 0 heterocycles. The molecule has 4 heteroatoms. The van der Waals surface area contributed by atoms with Crippen molar-refractivity contribution < 1.29 is 9.53 Å². The van der Waals surface area contributed by atoms with E-state index in [-0.39, 0.29) is 6.09 Å². The average molecular weight is 146 g/mol. The Kier molecular flexibility index (Phi) is 4.66. The molecule has 0 aliphatic rings. The van der Waals surface area contributed by atoms with Crippen LogP contribution in [-0.4, -0.2) is 38.2 Å². The van der Waals surface area contributed by atoms with Crippen LogP contribution in [0, 0.1) is 0 Å². The summed E-state index contributed by atoms with van der Waals surface area (Å²) in [6, 6.07) is 0. The highest BCUT2D eigenvalue weighted by molar-refractivity contribution is 5.66. The molecule has 60 valence electrons. The molecule has 0 aromatic carbocycles. The fourth-order valence-electron chi connectivity index (χ4n) is 0.576. The summed E-state index contributed by atoms with van der Waals surface area (Å²) in [4.78, 5) is 12.2. The molecule has 0 bridgehead atoms. The molecule has 0 fully saturated rings. The van der Waals surface area contributed by atoms with Gasteiger partial charge in [0, 0.05) is 13.6 Å². The molecule has 0 atom stereocenters. The van der Waals surface area contributed by atoms with Crippen LogP contribution < -0.4 is 5.73 Å². The number of hydrogen-bond acceptors (Lipinski definition) is 3. The molecule has 0 aromatic rings. The number of ether oxygens (including phenoxy) is 1. The van der Waals surface area contributed by atoms with E-state index in [4.69, 9.17) is 5.73 Å². The van der Waals surface area contributed by atoms with E-state index in [0.717, 1.165) is 6.42 Å². The van der Waals surface area contributed by atoms with Crippen molar-refractivity contribution in [2.75, 3.05) is 27.2 Å². The van der Waals surface area contributed by atoms with E-state index in [2.05, 4.69) is 4.74 Å². The van der Waals surface area contributed by atoms with Gasteiger partial charge in [-0.25, -0.2) is 4.79 Å². The standard InChI is InChI=1S/C6H14N2O2/c1-8(5-3-4-7)6(9)10-2/h3-5,7H2,1-2H3. The maximum atomic E-state index is 10.7. The minimum Gasteiger partial charge on any atom is -0.453 e. The van der Waals surface area contributed by atoms with Crippen LogP contribution in [0.3, 0.4) is 0 Å². The molecule has 0 aromatic heterocycles. The molecule has 0 radical (unpaired) electrons. The number of hydrogen-bond donors (Lipinski definition) is 1. The van der Waals surface area contributed by atoms with Crippen molar-refractivity contribution in [3.8, 4) is 0 Å². The van der Waals surface area contributed by atoms with Crippen LogP contribution in [0.4, 0.5) is 4.79 Å². The lowest BCUT2D eigenvalue weighted by atomic mass is 10.4. The summed E-state index contributed by atoms with van der Waals surface area (Å²) in [6.07, 6.45) is 0.499. The van der Waals surface area contributed by atoms with Crippen molar-refractivity contribution in [1.82, 2.24) is 4.90 Å². The van der Waals surface area contributed by atoms with Gasteiger partial charge >= 0.3 is 6.09 Å². The monoisotopic (exact) mass is 146 g/mol. The van der Waals surface area contributed by atoms with Gasteiger partial charge in [-0.15, -0.1) is 0 Å². The summed E-state index contributed by atoms with van der Waals surface area (Å²) in [7, 11) is 3.04. The molecule has 0 saturated heterocycles. The molecule has 0 saturated carbocycles. The van der Waals surface area contributed by atoms with Crippen molar-refractivity contribution in [1.29, 1.82) is 0 Å². The van der Waals surface area contributed by atoms with Crippen molar-refractivity contribution >= 4 is 6.09 Å². The minimum atomic E-state index is -0.312. The van der Waals surface area contributed by atoms with Crippen molar-refractivity contribution in [2.45, 2.75) is 6.42 Å². The quantitative estimate of drug-likeness (QED) is 0.611. The van der Waals surface area contributed by atoms with Gasteiger partial charge in [-0.2, -0.15) is 0 Å². The van der Waals surface area contributed by atoms with Crippen LogP contribution in [0.2, 0.25) is 0 Å². The topological polar surface area (TPSA) is 55.6 Å². The van der Waals surface area contributed by atoms with Crippen LogP contribution in [0.1, 0.15) is 6.42 Å². The summed E-state index contributed by atoms with van der Waals surface area (Å²) in [5.41, 5.74) is 5.24. The van der Waals surface area contributed by atoms with Crippen LogP contribution in [-0.2, 0) is 4.74 Å². The molecular weight excluding hydrogens is 132 g/mol. The van der Waals surface area contributed by atoms with Gasteiger partial charge in [-0.1, -0.05) is 0 Å². The van der Waals surface area contributed by atoms with E-state index in [1.807, 2.05) is 0 Å². The Morgan fingerprint density at radius 1 is 1.70 bits per heavy atom.